The van der Waals surface area contributed by atoms with E-state index in [-0.39, 0.29) is 17.0 Å². The zero-order chi connectivity index (χ0) is 17.8. The zero-order valence-corrected chi connectivity index (χ0v) is 14.9. The lowest BCUT2D eigenvalue weighted by molar-refractivity contribution is 0.0783. The lowest BCUT2D eigenvalue weighted by atomic mass is 10.1. The number of amides is 1. The summed E-state index contributed by atoms with van der Waals surface area (Å²) in [7, 11) is 1.74. The standard InChI is InChI=1S/C20H25N3O2/c1-15-10-11-17(19(24)21-15)20(25)22(2)14-16-8-4-5-9-18(16)23-12-6-3-7-13-23/h4-5,8-11H,3,6-7,12-14H2,1-2H3,(H,21,24). The maximum absolute atomic E-state index is 12.7. The highest BCUT2D eigenvalue weighted by Crippen LogP contribution is 2.25. The topological polar surface area (TPSA) is 56.4 Å². The van der Waals surface area contributed by atoms with Crippen molar-refractivity contribution in [3.63, 3.8) is 0 Å². The van der Waals surface area contributed by atoms with Crippen LogP contribution in [0.5, 0.6) is 0 Å². The Morgan fingerprint density at radius 3 is 2.56 bits per heavy atom. The van der Waals surface area contributed by atoms with E-state index in [9.17, 15) is 9.59 Å². The summed E-state index contributed by atoms with van der Waals surface area (Å²) < 4.78 is 0. The number of carbonyl (C=O) groups is 1. The lowest BCUT2D eigenvalue weighted by Gasteiger charge is -2.31. The highest BCUT2D eigenvalue weighted by Gasteiger charge is 2.19. The van der Waals surface area contributed by atoms with Gasteiger partial charge in [0.05, 0.1) is 0 Å². The Labute approximate surface area is 148 Å². The van der Waals surface area contributed by atoms with Gasteiger partial charge in [0.25, 0.3) is 11.5 Å². The Morgan fingerprint density at radius 1 is 1.12 bits per heavy atom. The van der Waals surface area contributed by atoms with Crippen molar-refractivity contribution >= 4 is 11.6 Å². The number of H-pyrrole nitrogens is 1. The first-order valence-electron chi connectivity index (χ1n) is 8.84. The molecule has 1 amide bonds. The predicted octanol–water partition coefficient (Wildman–Crippen LogP) is 2.95. The highest BCUT2D eigenvalue weighted by atomic mass is 16.2. The van der Waals surface area contributed by atoms with Crippen LogP contribution in [-0.4, -0.2) is 35.9 Å². The van der Waals surface area contributed by atoms with Crippen LogP contribution in [0.25, 0.3) is 0 Å². The fraction of sp³-hybridized carbons (Fsp3) is 0.400. The quantitative estimate of drug-likeness (QED) is 0.932. The number of rotatable bonds is 4. The van der Waals surface area contributed by atoms with Gasteiger partial charge in [0.1, 0.15) is 5.56 Å². The second-order valence-electron chi connectivity index (χ2n) is 6.72. The summed E-state index contributed by atoms with van der Waals surface area (Å²) in [5.74, 6) is -0.255. The average molecular weight is 339 g/mol. The van der Waals surface area contributed by atoms with Gasteiger partial charge in [-0.2, -0.15) is 0 Å². The van der Waals surface area contributed by atoms with Gasteiger partial charge < -0.3 is 14.8 Å². The average Bonchev–Trinajstić information content (AvgIpc) is 2.62. The molecule has 1 fully saturated rings. The number of piperidine rings is 1. The molecule has 25 heavy (non-hydrogen) atoms. The number of aromatic nitrogens is 1. The van der Waals surface area contributed by atoms with Gasteiger partial charge in [-0.1, -0.05) is 18.2 Å². The molecule has 0 unspecified atom stereocenters. The molecule has 1 N–H and O–H groups in total. The van der Waals surface area contributed by atoms with Crippen molar-refractivity contribution in [2.75, 3.05) is 25.0 Å². The summed E-state index contributed by atoms with van der Waals surface area (Å²) in [6.45, 7) is 4.41. The van der Waals surface area contributed by atoms with E-state index in [4.69, 9.17) is 0 Å². The molecule has 1 aliphatic rings. The molecule has 1 aromatic heterocycles. The number of hydrogen-bond acceptors (Lipinski definition) is 3. The summed E-state index contributed by atoms with van der Waals surface area (Å²) in [5, 5.41) is 0. The number of para-hydroxylation sites is 1. The van der Waals surface area contributed by atoms with Crippen LogP contribution in [0.4, 0.5) is 5.69 Å². The number of aromatic amines is 1. The van der Waals surface area contributed by atoms with E-state index in [0.29, 0.717) is 6.54 Å². The van der Waals surface area contributed by atoms with Gasteiger partial charge in [-0.05, 0) is 49.9 Å². The molecular weight excluding hydrogens is 314 g/mol. The highest BCUT2D eigenvalue weighted by molar-refractivity contribution is 5.93. The predicted molar refractivity (Wildman–Crippen MR) is 100 cm³/mol. The molecule has 0 aliphatic carbocycles. The Kier molecular flexibility index (Phi) is 5.22. The van der Waals surface area contributed by atoms with Crippen molar-refractivity contribution in [3.05, 3.63) is 63.6 Å². The van der Waals surface area contributed by atoms with Gasteiger partial charge in [0.15, 0.2) is 0 Å². The van der Waals surface area contributed by atoms with Crippen molar-refractivity contribution in [1.29, 1.82) is 0 Å². The van der Waals surface area contributed by atoms with Gasteiger partial charge in [0.2, 0.25) is 0 Å². The van der Waals surface area contributed by atoms with Crippen LogP contribution in [-0.2, 0) is 6.54 Å². The minimum absolute atomic E-state index is 0.184. The SMILES string of the molecule is Cc1ccc(C(=O)N(C)Cc2ccccc2N2CCCCC2)c(=O)[nH]1. The van der Waals surface area contributed by atoms with Crippen molar-refractivity contribution < 1.29 is 4.79 Å². The number of nitrogens with zero attached hydrogens (tertiary/aromatic N) is 2. The van der Waals surface area contributed by atoms with Crippen LogP contribution in [0, 0.1) is 6.92 Å². The van der Waals surface area contributed by atoms with Gasteiger partial charge in [-0.25, -0.2) is 0 Å². The van der Waals surface area contributed by atoms with Crippen LogP contribution >= 0.6 is 0 Å². The minimum Gasteiger partial charge on any atom is -0.371 e. The van der Waals surface area contributed by atoms with E-state index in [2.05, 4.69) is 22.0 Å². The molecule has 2 heterocycles. The third kappa shape index (κ3) is 3.92. The number of nitrogens with one attached hydrogen (secondary N) is 1. The number of benzene rings is 1. The van der Waals surface area contributed by atoms with Gasteiger partial charge in [-0.3, -0.25) is 9.59 Å². The number of carbonyl (C=O) groups excluding carboxylic acids is 1. The smallest absolute Gasteiger partial charge is 0.260 e. The second kappa shape index (κ2) is 7.55. The van der Waals surface area contributed by atoms with Crippen LogP contribution in [0.3, 0.4) is 0 Å². The number of anilines is 1. The minimum atomic E-state index is -0.332. The van der Waals surface area contributed by atoms with Gasteiger partial charge in [0, 0.05) is 38.1 Å². The van der Waals surface area contributed by atoms with E-state index < -0.39 is 0 Å². The number of aryl methyl sites for hydroxylation is 1. The van der Waals surface area contributed by atoms with E-state index in [1.165, 1.54) is 24.9 Å². The Hall–Kier alpha value is -2.56. The molecule has 0 atom stereocenters. The van der Waals surface area contributed by atoms with Gasteiger partial charge >= 0.3 is 0 Å². The molecule has 1 aromatic carbocycles. The van der Waals surface area contributed by atoms with E-state index in [1.807, 2.05) is 12.1 Å². The molecule has 1 aliphatic heterocycles. The summed E-state index contributed by atoms with van der Waals surface area (Å²) in [6.07, 6.45) is 3.71. The molecule has 0 radical (unpaired) electrons. The molecule has 0 saturated carbocycles. The van der Waals surface area contributed by atoms with Crippen LogP contribution in [0.2, 0.25) is 0 Å². The van der Waals surface area contributed by atoms with Crippen LogP contribution in [0.15, 0.2) is 41.2 Å². The monoisotopic (exact) mass is 339 g/mol. The third-order valence-electron chi connectivity index (χ3n) is 4.73. The normalized spacial score (nSPS) is 14.4. The largest absolute Gasteiger partial charge is 0.371 e. The fourth-order valence-electron chi connectivity index (χ4n) is 3.36. The third-order valence-corrected chi connectivity index (χ3v) is 4.73. The molecule has 0 spiro atoms. The Balaban J connectivity index is 1.79. The maximum atomic E-state index is 12.7. The summed E-state index contributed by atoms with van der Waals surface area (Å²) in [5.41, 5.74) is 2.91. The molecular formula is C20H25N3O2. The van der Waals surface area contributed by atoms with Crippen molar-refractivity contribution in [3.8, 4) is 0 Å². The van der Waals surface area contributed by atoms with E-state index >= 15 is 0 Å². The summed E-state index contributed by atoms with van der Waals surface area (Å²) in [6, 6.07) is 11.6. The van der Waals surface area contributed by atoms with E-state index in [1.54, 1.807) is 31.0 Å². The Bertz CT molecular complexity index is 807. The summed E-state index contributed by atoms with van der Waals surface area (Å²) >= 11 is 0. The van der Waals surface area contributed by atoms with Crippen molar-refractivity contribution in [1.82, 2.24) is 9.88 Å². The first-order valence-corrected chi connectivity index (χ1v) is 8.84. The lowest BCUT2D eigenvalue weighted by Crippen LogP contribution is -2.33. The molecule has 3 rings (SSSR count). The number of hydrogen-bond donors (Lipinski definition) is 1. The summed E-state index contributed by atoms with van der Waals surface area (Å²) in [4.78, 5) is 31.4. The van der Waals surface area contributed by atoms with Crippen LogP contribution in [0.1, 0.15) is 40.9 Å². The van der Waals surface area contributed by atoms with Crippen molar-refractivity contribution in [2.45, 2.75) is 32.7 Å². The molecule has 5 nitrogen and oxygen atoms in total. The molecule has 5 heteroatoms. The molecule has 1 saturated heterocycles. The zero-order valence-electron chi connectivity index (χ0n) is 14.9. The first-order chi connectivity index (χ1) is 12.1. The maximum Gasteiger partial charge on any atom is 0.260 e. The fourth-order valence-corrected chi connectivity index (χ4v) is 3.36. The second-order valence-corrected chi connectivity index (χ2v) is 6.72. The Morgan fingerprint density at radius 2 is 1.84 bits per heavy atom. The van der Waals surface area contributed by atoms with E-state index in [0.717, 1.165) is 24.3 Å². The van der Waals surface area contributed by atoms with Crippen molar-refractivity contribution in [2.24, 2.45) is 0 Å². The molecule has 0 bridgehead atoms. The van der Waals surface area contributed by atoms with Gasteiger partial charge in [-0.15, -0.1) is 0 Å². The first kappa shape index (κ1) is 17.3. The number of pyridine rings is 1. The van der Waals surface area contributed by atoms with Crippen LogP contribution < -0.4 is 10.5 Å². The molecule has 2 aromatic rings. The molecule has 132 valence electrons.